The summed E-state index contributed by atoms with van der Waals surface area (Å²) < 4.78 is 68.6. The third-order valence-corrected chi connectivity index (χ3v) is 20.7. The molecule has 0 aliphatic carbocycles. The summed E-state index contributed by atoms with van der Waals surface area (Å²) in [5.74, 6) is -0.535. The van der Waals surface area contributed by atoms with Crippen LogP contribution in [0.4, 0.5) is 0 Å². The minimum Gasteiger partial charge on any atom is -0.462 e. The molecule has 98 heavy (non-hydrogen) atoms. The molecule has 0 saturated carbocycles. The summed E-state index contributed by atoms with van der Waals surface area (Å²) >= 11 is 0. The quantitative estimate of drug-likeness (QED) is 0.0222. The Kier molecular flexibility index (Phi) is 69.3. The first-order chi connectivity index (χ1) is 47.4. The Labute approximate surface area is 600 Å². The molecule has 0 saturated heterocycles. The van der Waals surface area contributed by atoms with Gasteiger partial charge in [-0.25, -0.2) is 9.13 Å². The van der Waals surface area contributed by atoms with Crippen LogP contribution in [0, 0.1) is 11.8 Å². The number of hydrogen-bond acceptors (Lipinski definition) is 15. The number of phosphoric ester groups is 2. The van der Waals surface area contributed by atoms with Crippen molar-refractivity contribution in [2.45, 2.75) is 432 Å². The molecule has 3 unspecified atom stereocenters. The molecule has 0 spiro atoms. The second-order valence-electron chi connectivity index (χ2n) is 29.2. The van der Waals surface area contributed by atoms with Gasteiger partial charge in [-0.1, -0.05) is 363 Å². The number of carbonyl (C=O) groups excluding carboxylic acids is 4. The number of unbranched alkanes of at least 4 members (excludes halogenated alkanes) is 47. The number of carbonyl (C=O) groups is 4. The van der Waals surface area contributed by atoms with E-state index in [0.717, 1.165) is 102 Å². The van der Waals surface area contributed by atoms with Gasteiger partial charge in [0.25, 0.3) is 0 Å². The van der Waals surface area contributed by atoms with E-state index in [1.165, 1.54) is 225 Å². The first-order valence-corrected chi connectivity index (χ1v) is 44.0. The fourth-order valence-electron chi connectivity index (χ4n) is 12.2. The van der Waals surface area contributed by atoms with Crippen molar-refractivity contribution in [3.8, 4) is 0 Å². The molecule has 0 aromatic carbocycles. The van der Waals surface area contributed by atoms with Gasteiger partial charge in [-0.15, -0.1) is 0 Å². The lowest BCUT2D eigenvalue weighted by molar-refractivity contribution is -0.161. The van der Waals surface area contributed by atoms with E-state index in [2.05, 4.69) is 41.5 Å². The molecule has 0 rings (SSSR count). The van der Waals surface area contributed by atoms with Crippen LogP contribution in [-0.4, -0.2) is 96.7 Å². The Morgan fingerprint density at radius 2 is 0.520 bits per heavy atom. The molecule has 17 nitrogen and oxygen atoms in total. The van der Waals surface area contributed by atoms with E-state index in [4.69, 9.17) is 37.0 Å². The van der Waals surface area contributed by atoms with E-state index in [1.807, 2.05) is 0 Å². The van der Waals surface area contributed by atoms with Crippen molar-refractivity contribution >= 4 is 39.5 Å². The van der Waals surface area contributed by atoms with Crippen LogP contribution in [0.15, 0.2) is 0 Å². The van der Waals surface area contributed by atoms with Crippen molar-refractivity contribution in [3.63, 3.8) is 0 Å². The number of esters is 4. The lowest BCUT2D eigenvalue weighted by Crippen LogP contribution is -2.30. The maximum atomic E-state index is 13.1. The number of aliphatic hydroxyl groups excluding tert-OH is 1. The van der Waals surface area contributed by atoms with Gasteiger partial charge in [-0.3, -0.25) is 37.3 Å². The largest absolute Gasteiger partial charge is 0.472 e. The van der Waals surface area contributed by atoms with Gasteiger partial charge in [0.2, 0.25) is 0 Å². The highest BCUT2D eigenvalue weighted by Gasteiger charge is 2.30. The van der Waals surface area contributed by atoms with Gasteiger partial charge < -0.3 is 33.8 Å². The Bertz CT molecular complexity index is 1890. The fourth-order valence-corrected chi connectivity index (χ4v) is 13.7. The smallest absolute Gasteiger partial charge is 0.462 e. The van der Waals surface area contributed by atoms with Crippen molar-refractivity contribution < 1.29 is 80.2 Å². The highest BCUT2D eigenvalue weighted by Crippen LogP contribution is 2.45. The predicted octanol–water partition coefficient (Wildman–Crippen LogP) is 23.5. The van der Waals surface area contributed by atoms with Gasteiger partial charge in [0.1, 0.15) is 19.3 Å². The molecule has 0 aliphatic rings. The summed E-state index contributed by atoms with van der Waals surface area (Å²) in [5, 5.41) is 10.6. The molecule has 0 aliphatic heterocycles. The molecular formula is C79H154O17P2. The van der Waals surface area contributed by atoms with Gasteiger partial charge in [0, 0.05) is 25.7 Å². The maximum absolute atomic E-state index is 13.1. The molecule has 582 valence electrons. The predicted molar refractivity (Wildman–Crippen MR) is 400 cm³/mol. The van der Waals surface area contributed by atoms with Crippen molar-refractivity contribution in [1.29, 1.82) is 0 Å². The Morgan fingerprint density at radius 3 is 0.776 bits per heavy atom. The maximum Gasteiger partial charge on any atom is 0.472 e. The van der Waals surface area contributed by atoms with E-state index in [-0.39, 0.29) is 25.7 Å². The molecule has 0 aromatic rings. The summed E-state index contributed by atoms with van der Waals surface area (Å²) in [4.78, 5) is 72.9. The SMILES string of the molecule is CCCCCCCCCCCCCCCCC(=O)OC[C@H](COP(=O)(O)OC[C@@H](O)COP(=O)(O)OC[C@@H](COC(=O)CCCCCCCCCC(C)C)OC(=O)CCCCCCCCCCCCCC)OC(=O)CCCCCCCCCCCCCCCCCCCCC(C)CC. The molecule has 0 fully saturated rings. The van der Waals surface area contributed by atoms with Gasteiger partial charge >= 0.3 is 39.5 Å². The first kappa shape index (κ1) is 96.1. The van der Waals surface area contributed by atoms with Crippen LogP contribution < -0.4 is 0 Å². The van der Waals surface area contributed by atoms with E-state index < -0.39 is 97.5 Å². The zero-order chi connectivity index (χ0) is 72.1. The van der Waals surface area contributed by atoms with Gasteiger partial charge in [0.15, 0.2) is 12.2 Å². The Hall–Kier alpha value is -1.94. The molecule has 19 heteroatoms. The highest BCUT2D eigenvalue weighted by molar-refractivity contribution is 7.47. The molecule has 3 N–H and O–H groups in total. The van der Waals surface area contributed by atoms with Crippen molar-refractivity contribution in [2.24, 2.45) is 11.8 Å². The fraction of sp³-hybridized carbons (Fsp3) is 0.949. The number of phosphoric acid groups is 2. The summed E-state index contributed by atoms with van der Waals surface area (Å²) in [7, 11) is -9.91. The average molecular weight is 1440 g/mol. The first-order valence-electron chi connectivity index (χ1n) is 41.0. The standard InChI is InChI=1S/C79H154O17P2/c1-7-10-12-14-16-18-20-22-30-34-37-43-49-55-61-76(81)89-67-74(95-79(84)64-58-52-45-39-35-31-28-26-24-23-25-27-29-32-36-42-48-54-60-72(6)9-3)69-93-97(85,86)91-65-73(80)66-92-98(87,88)94-70-75(68-90-77(82)62-56-50-46-40-41-47-53-59-71(4)5)96-78(83)63-57-51-44-38-33-21-19-17-15-13-11-8-2/h71-75,80H,7-70H2,1-6H3,(H,85,86)(H,87,88)/t72?,73-,74-,75-/m1/s1. The van der Waals surface area contributed by atoms with Crippen LogP contribution in [0.2, 0.25) is 0 Å². The Balaban J connectivity index is 5.20. The molecule has 0 amide bonds. The monoisotopic (exact) mass is 1440 g/mol. The average Bonchev–Trinajstić information content (AvgIpc) is 0.930. The minimum absolute atomic E-state index is 0.107. The normalized spacial score (nSPS) is 14.2. The van der Waals surface area contributed by atoms with Crippen LogP contribution in [-0.2, 0) is 65.4 Å². The molecule has 0 radical (unpaired) electrons. The van der Waals surface area contributed by atoms with Crippen molar-refractivity contribution in [2.75, 3.05) is 39.6 Å². The number of aliphatic hydroxyl groups is 1. The zero-order valence-electron chi connectivity index (χ0n) is 64.1. The van der Waals surface area contributed by atoms with E-state index in [0.29, 0.717) is 31.6 Å². The molecule has 0 aromatic heterocycles. The third kappa shape index (κ3) is 71.1. The highest BCUT2D eigenvalue weighted by atomic mass is 31.2. The van der Waals surface area contributed by atoms with Crippen LogP contribution in [0.3, 0.4) is 0 Å². The summed E-state index contributed by atoms with van der Waals surface area (Å²) in [6.45, 7) is 9.63. The molecule has 0 bridgehead atoms. The number of rotatable bonds is 78. The number of hydrogen-bond donors (Lipinski definition) is 3. The second-order valence-corrected chi connectivity index (χ2v) is 32.1. The van der Waals surface area contributed by atoms with E-state index in [9.17, 15) is 43.2 Å². The van der Waals surface area contributed by atoms with Crippen molar-refractivity contribution in [3.05, 3.63) is 0 Å². The van der Waals surface area contributed by atoms with E-state index in [1.54, 1.807) is 0 Å². The van der Waals surface area contributed by atoms with Gasteiger partial charge in [-0.2, -0.15) is 0 Å². The summed E-state index contributed by atoms with van der Waals surface area (Å²) in [6, 6.07) is 0. The molecular weight excluding hydrogens is 1280 g/mol. The second kappa shape index (κ2) is 70.7. The van der Waals surface area contributed by atoms with Gasteiger partial charge in [-0.05, 0) is 37.5 Å². The van der Waals surface area contributed by atoms with Crippen LogP contribution in [0.1, 0.15) is 414 Å². The minimum atomic E-state index is -4.96. The number of ether oxygens (including phenoxy) is 4. The zero-order valence-corrected chi connectivity index (χ0v) is 65.9. The van der Waals surface area contributed by atoms with Crippen LogP contribution >= 0.6 is 15.6 Å². The lowest BCUT2D eigenvalue weighted by atomic mass is 9.99. The Morgan fingerprint density at radius 1 is 0.296 bits per heavy atom. The van der Waals surface area contributed by atoms with Crippen LogP contribution in [0.5, 0.6) is 0 Å². The lowest BCUT2D eigenvalue weighted by Gasteiger charge is -2.21. The molecule has 0 heterocycles. The summed E-state index contributed by atoms with van der Waals surface area (Å²) in [5.41, 5.74) is 0. The summed E-state index contributed by atoms with van der Waals surface area (Å²) in [6.07, 6.45) is 59.7. The van der Waals surface area contributed by atoms with E-state index >= 15 is 0 Å². The third-order valence-electron chi connectivity index (χ3n) is 18.8. The van der Waals surface area contributed by atoms with Gasteiger partial charge in [0.05, 0.1) is 26.4 Å². The van der Waals surface area contributed by atoms with Crippen LogP contribution in [0.25, 0.3) is 0 Å². The van der Waals surface area contributed by atoms with Crippen molar-refractivity contribution in [1.82, 2.24) is 0 Å². The molecule has 6 atom stereocenters. The topological polar surface area (TPSA) is 237 Å².